The summed E-state index contributed by atoms with van der Waals surface area (Å²) in [6.07, 6.45) is 25.6. The Morgan fingerprint density at radius 1 is 0.885 bits per heavy atom. The fourth-order valence-electron chi connectivity index (χ4n) is 4.64. The van der Waals surface area contributed by atoms with Crippen LogP contribution < -0.4 is 0 Å². The van der Waals surface area contributed by atoms with E-state index < -0.39 is 0 Å². The minimum Gasteiger partial charge on any atom is -0.378 e. The van der Waals surface area contributed by atoms with Crippen LogP contribution in [0.15, 0.2) is 24.3 Å². The third-order valence-corrected chi connectivity index (χ3v) is 6.45. The molecule has 2 nitrogen and oxygen atoms in total. The summed E-state index contributed by atoms with van der Waals surface area (Å²) in [5.74, 6) is 2.71. The molecule has 26 heavy (non-hydrogen) atoms. The SMILES string of the molecule is CCCC[C@H]1CC[C@H](COC2CCC(CCC=CC=CC#N)CC2)CC1. The zero-order chi connectivity index (χ0) is 18.5. The summed E-state index contributed by atoms with van der Waals surface area (Å²) in [5.41, 5.74) is 0. The molecule has 2 saturated carbocycles. The van der Waals surface area contributed by atoms with Crippen LogP contribution in [0.5, 0.6) is 0 Å². The van der Waals surface area contributed by atoms with Crippen molar-refractivity contribution >= 4 is 0 Å². The summed E-state index contributed by atoms with van der Waals surface area (Å²) in [4.78, 5) is 0. The van der Waals surface area contributed by atoms with Crippen LogP contribution in [0, 0.1) is 29.1 Å². The van der Waals surface area contributed by atoms with Gasteiger partial charge in [0.2, 0.25) is 0 Å². The van der Waals surface area contributed by atoms with Crippen molar-refractivity contribution in [1.29, 1.82) is 5.26 Å². The van der Waals surface area contributed by atoms with Crippen LogP contribution in [0.2, 0.25) is 0 Å². The van der Waals surface area contributed by atoms with Crippen molar-refractivity contribution < 1.29 is 4.74 Å². The van der Waals surface area contributed by atoms with Crippen LogP contribution in [-0.2, 0) is 4.74 Å². The molecule has 2 aliphatic rings. The Labute approximate surface area is 161 Å². The maximum absolute atomic E-state index is 8.44. The van der Waals surface area contributed by atoms with Gasteiger partial charge in [0.25, 0.3) is 0 Å². The molecule has 0 amide bonds. The normalized spacial score (nSPS) is 30.0. The zero-order valence-corrected chi connectivity index (χ0v) is 16.9. The molecule has 0 radical (unpaired) electrons. The molecule has 0 bridgehead atoms. The van der Waals surface area contributed by atoms with Crippen LogP contribution >= 0.6 is 0 Å². The molecule has 0 unspecified atom stereocenters. The van der Waals surface area contributed by atoms with E-state index in [1.807, 2.05) is 18.2 Å². The Morgan fingerprint density at radius 2 is 1.54 bits per heavy atom. The Balaban J connectivity index is 1.51. The predicted molar refractivity (Wildman–Crippen MR) is 110 cm³/mol. The second kappa shape index (κ2) is 13.2. The van der Waals surface area contributed by atoms with Gasteiger partial charge in [-0.1, -0.05) is 57.3 Å². The van der Waals surface area contributed by atoms with E-state index in [1.54, 1.807) is 0 Å². The lowest BCUT2D eigenvalue weighted by atomic mass is 9.80. The lowest BCUT2D eigenvalue weighted by Crippen LogP contribution is -2.26. The van der Waals surface area contributed by atoms with Crippen molar-refractivity contribution in [3.63, 3.8) is 0 Å². The number of nitriles is 1. The number of hydrogen-bond donors (Lipinski definition) is 0. The molecule has 0 aromatic rings. The molecule has 0 aromatic heterocycles. The lowest BCUT2D eigenvalue weighted by Gasteiger charge is -2.32. The number of nitrogens with zero attached hydrogens (tertiary/aromatic N) is 1. The van der Waals surface area contributed by atoms with Crippen LogP contribution in [0.1, 0.15) is 90.4 Å². The quantitative estimate of drug-likeness (QED) is 0.312. The monoisotopic (exact) mass is 357 g/mol. The summed E-state index contributed by atoms with van der Waals surface area (Å²) in [6, 6.07) is 2.01. The molecule has 0 saturated heterocycles. The van der Waals surface area contributed by atoms with Crippen LogP contribution in [0.3, 0.4) is 0 Å². The molecule has 2 fully saturated rings. The van der Waals surface area contributed by atoms with Gasteiger partial charge in [-0.15, -0.1) is 0 Å². The van der Waals surface area contributed by atoms with E-state index in [2.05, 4.69) is 13.0 Å². The number of rotatable bonds is 10. The molecule has 0 N–H and O–H groups in total. The third-order valence-electron chi connectivity index (χ3n) is 6.45. The minimum absolute atomic E-state index is 0.526. The van der Waals surface area contributed by atoms with E-state index in [4.69, 9.17) is 10.00 Å². The molecular weight excluding hydrogens is 318 g/mol. The Bertz CT molecular complexity index is 445. The van der Waals surface area contributed by atoms with Gasteiger partial charge in [0.15, 0.2) is 0 Å². The maximum atomic E-state index is 8.44. The van der Waals surface area contributed by atoms with Crippen molar-refractivity contribution in [3.05, 3.63) is 24.3 Å². The zero-order valence-electron chi connectivity index (χ0n) is 16.9. The number of allylic oxidation sites excluding steroid dienone is 4. The molecule has 0 spiro atoms. The fourth-order valence-corrected chi connectivity index (χ4v) is 4.64. The van der Waals surface area contributed by atoms with E-state index in [0.29, 0.717) is 6.10 Å². The standard InChI is InChI=1S/C24H39NO/c1-2-3-9-21-11-13-23(14-12-21)20-26-24-17-15-22(16-18-24)10-7-5-4-6-8-19-25/h4-6,8,21-24H,2-3,7,9-18,20H2,1H3/t21-,22?,23-,24?. The third kappa shape index (κ3) is 8.54. The molecular formula is C24H39NO. The number of unbranched alkanes of at least 4 members (excludes halogenated alkanes) is 1. The lowest BCUT2D eigenvalue weighted by molar-refractivity contribution is -0.0102. The predicted octanol–water partition coefficient (Wildman–Crippen LogP) is 6.97. The van der Waals surface area contributed by atoms with E-state index >= 15 is 0 Å². The highest BCUT2D eigenvalue weighted by Gasteiger charge is 2.24. The molecule has 2 rings (SSSR count). The minimum atomic E-state index is 0.526. The summed E-state index contributed by atoms with van der Waals surface area (Å²) < 4.78 is 6.30. The largest absolute Gasteiger partial charge is 0.378 e. The average molecular weight is 358 g/mol. The van der Waals surface area contributed by atoms with Crippen molar-refractivity contribution in [3.8, 4) is 6.07 Å². The molecule has 0 aliphatic heterocycles. The van der Waals surface area contributed by atoms with E-state index in [-0.39, 0.29) is 0 Å². The van der Waals surface area contributed by atoms with Gasteiger partial charge in [0.05, 0.1) is 12.2 Å². The first-order chi connectivity index (χ1) is 12.8. The van der Waals surface area contributed by atoms with Crippen molar-refractivity contribution in [1.82, 2.24) is 0 Å². The molecule has 2 aliphatic carbocycles. The number of ether oxygens (including phenoxy) is 1. The van der Waals surface area contributed by atoms with Crippen LogP contribution in [-0.4, -0.2) is 12.7 Å². The van der Waals surface area contributed by atoms with Gasteiger partial charge in [-0.05, 0) is 69.1 Å². The Hall–Kier alpha value is -1.07. The van der Waals surface area contributed by atoms with Crippen molar-refractivity contribution in [2.24, 2.45) is 17.8 Å². The molecule has 146 valence electrons. The first-order valence-electron chi connectivity index (χ1n) is 11.1. The highest BCUT2D eigenvalue weighted by atomic mass is 16.5. The smallest absolute Gasteiger partial charge is 0.0912 e. The maximum Gasteiger partial charge on any atom is 0.0912 e. The molecule has 2 heteroatoms. The Morgan fingerprint density at radius 3 is 2.23 bits per heavy atom. The highest BCUT2D eigenvalue weighted by molar-refractivity contribution is 5.11. The van der Waals surface area contributed by atoms with Crippen LogP contribution in [0.25, 0.3) is 0 Å². The second-order valence-corrected chi connectivity index (χ2v) is 8.50. The summed E-state index contributed by atoms with van der Waals surface area (Å²) in [6.45, 7) is 3.32. The van der Waals surface area contributed by atoms with Crippen LogP contribution in [0.4, 0.5) is 0 Å². The number of hydrogen-bond acceptors (Lipinski definition) is 2. The van der Waals surface area contributed by atoms with E-state index in [0.717, 1.165) is 30.8 Å². The fraction of sp³-hybridized carbons (Fsp3) is 0.792. The van der Waals surface area contributed by atoms with Gasteiger partial charge in [-0.3, -0.25) is 0 Å². The van der Waals surface area contributed by atoms with Gasteiger partial charge >= 0.3 is 0 Å². The molecule has 0 atom stereocenters. The average Bonchev–Trinajstić information content (AvgIpc) is 2.69. The van der Waals surface area contributed by atoms with Gasteiger partial charge in [-0.2, -0.15) is 5.26 Å². The first kappa shape index (κ1) is 21.2. The van der Waals surface area contributed by atoms with Gasteiger partial charge in [0, 0.05) is 12.7 Å². The van der Waals surface area contributed by atoms with E-state index in [1.165, 1.54) is 83.1 Å². The first-order valence-corrected chi connectivity index (χ1v) is 11.1. The van der Waals surface area contributed by atoms with Crippen molar-refractivity contribution in [2.75, 3.05) is 6.61 Å². The Kier molecular flexibility index (Phi) is 10.7. The summed E-state index contributed by atoms with van der Waals surface area (Å²) >= 11 is 0. The second-order valence-electron chi connectivity index (χ2n) is 8.50. The summed E-state index contributed by atoms with van der Waals surface area (Å²) in [5, 5.41) is 8.44. The molecule has 0 heterocycles. The van der Waals surface area contributed by atoms with Gasteiger partial charge in [-0.25, -0.2) is 0 Å². The van der Waals surface area contributed by atoms with E-state index in [9.17, 15) is 0 Å². The molecule has 0 aromatic carbocycles. The summed E-state index contributed by atoms with van der Waals surface area (Å²) in [7, 11) is 0. The highest BCUT2D eigenvalue weighted by Crippen LogP contribution is 2.34. The topological polar surface area (TPSA) is 33.0 Å². The van der Waals surface area contributed by atoms with Gasteiger partial charge < -0.3 is 4.74 Å². The van der Waals surface area contributed by atoms with Crippen molar-refractivity contribution in [2.45, 2.75) is 96.5 Å². The van der Waals surface area contributed by atoms with Gasteiger partial charge in [0.1, 0.15) is 0 Å².